The lowest BCUT2D eigenvalue weighted by atomic mass is 9.82. The van der Waals surface area contributed by atoms with Gasteiger partial charge in [-0.2, -0.15) is 0 Å². The van der Waals surface area contributed by atoms with Crippen molar-refractivity contribution >= 4 is 11.6 Å². The highest BCUT2D eigenvalue weighted by atomic mass is 16.5. The molecule has 0 aromatic heterocycles. The van der Waals surface area contributed by atoms with Gasteiger partial charge in [0.15, 0.2) is 0 Å². The van der Waals surface area contributed by atoms with Crippen LogP contribution in [0, 0.1) is 19.3 Å². The monoisotopic (exact) mass is 276 g/mol. The van der Waals surface area contributed by atoms with Gasteiger partial charge >= 0.3 is 0 Å². The summed E-state index contributed by atoms with van der Waals surface area (Å²) in [6, 6.07) is 3.73. The van der Waals surface area contributed by atoms with Gasteiger partial charge in [-0.25, -0.2) is 0 Å². The first kappa shape index (κ1) is 14.9. The summed E-state index contributed by atoms with van der Waals surface area (Å²) in [5, 5.41) is 3.05. The van der Waals surface area contributed by atoms with Crippen molar-refractivity contribution < 1.29 is 9.53 Å². The summed E-state index contributed by atoms with van der Waals surface area (Å²) in [6.07, 6.45) is 1.98. The molecule has 0 unspecified atom stereocenters. The Morgan fingerprint density at radius 2 is 1.95 bits per heavy atom. The third-order valence-electron chi connectivity index (χ3n) is 4.23. The Morgan fingerprint density at radius 1 is 1.30 bits per heavy atom. The van der Waals surface area contributed by atoms with Crippen LogP contribution in [0.25, 0.3) is 0 Å². The Hall–Kier alpha value is -1.55. The molecule has 0 atom stereocenters. The number of rotatable bonds is 3. The molecule has 0 radical (unpaired) electrons. The van der Waals surface area contributed by atoms with E-state index < -0.39 is 0 Å². The third-order valence-corrected chi connectivity index (χ3v) is 4.23. The first-order valence-corrected chi connectivity index (χ1v) is 7.14. The summed E-state index contributed by atoms with van der Waals surface area (Å²) < 4.78 is 5.38. The molecule has 1 aromatic carbocycles. The van der Waals surface area contributed by atoms with E-state index in [1.807, 2.05) is 19.9 Å². The van der Waals surface area contributed by atoms with Gasteiger partial charge in [0, 0.05) is 31.0 Å². The van der Waals surface area contributed by atoms with E-state index in [0.717, 1.165) is 37.2 Å². The summed E-state index contributed by atoms with van der Waals surface area (Å²) >= 11 is 0. The van der Waals surface area contributed by atoms with E-state index in [4.69, 9.17) is 10.5 Å². The fourth-order valence-electron chi connectivity index (χ4n) is 2.54. The number of hydrogen-bond acceptors (Lipinski definition) is 3. The SMILES string of the molecule is Cc1cc(C)c(C(=O)NCC2(C)CCOCC2)cc1N. The first-order chi connectivity index (χ1) is 9.41. The first-order valence-electron chi connectivity index (χ1n) is 7.14. The molecule has 0 bridgehead atoms. The smallest absolute Gasteiger partial charge is 0.251 e. The number of amides is 1. The number of carbonyl (C=O) groups is 1. The topological polar surface area (TPSA) is 64.3 Å². The summed E-state index contributed by atoms with van der Waals surface area (Å²) in [6.45, 7) is 8.34. The van der Waals surface area contributed by atoms with Crippen molar-refractivity contribution in [3.05, 3.63) is 28.8 Å². The molecular formula is C16H24N2O2. The Labute approximate surface area is 120 Å². The normalized spacial score (nSPS) is 17.8. The number of anilines is 1. The van der Waals surface area contributed by atoms with E-state index in [1.54, 1.807) is 6.07 Å². The van der Waals surface area contributed by atoms with Gasteiger partial charge in [0.1, 0.15) is 0 Å². The number of nitrogens with one attached hydrogen (secondary N) is 1. The van der Waals surface area contributed by atoms with Crippen LogP contribution in [-0.4, -0.2) is 25.7 Å². The van der Waals surface area contributed by atoms with Gasteiger partial charge in [0.2, 0.25) is 0 Å². The molecule has 2 rings (SSSR count). The van der Waals surface area contributed by atoms with Crippen molar-refractivity contribution in [1.82, 2.24) is 5.32 Å². The minimum Gasteiger partial charge on any atom is -0.398 e. The van der Waals surface area contributed by atoms with Crippen molar-refractivity contribution in [3.8, 4) is 0 Å². The second-order valence-corrected chi connectivity index (χ2v) is 6.13. The zero-order valence-electron chi connectivity index (χ0n) is 12.6. The molecule has 1 aliphatic heterocycles. The Bertz CT molecular complexity index is 505. The van der Waals surface area contributed by atoms with Crippen LogP contribution in [0.15, 0.2) is 12.1 Å². The molecule has 4 nitrogen and oxygen atoms in total. The number of nitrogen functional groups attached to an aromatic ring is 1. The lowest BCUT2D eigenvalue weighted by Crippen LogP contribution is -2.39. The van der Waals surface area contributed by atoms with Crippen LogP contribution in [0.3, 0.4) is 0 Å². The van der Waals surface area contributed by atoms with Gasteiger partial charge < -0.3 is 15.8 Å². The van der Waals surface area contributed by atoms with E-state index in [2.05, 4.69) is 12.2 Å². The van der Waals surface area contributed by atoms with E-state index in [0.29, 0.717) is 17.8 Å². The van der Waals surface area contributed by atoms with Crippen molar-refractivity contribution in [1.29, 1.82) is 0 Å². The zero-order valence-corrected chi connectivity index (χ0v) is 12.6. The van der Waals surface area contributed by atoms with Gasteiger partial charge in [-0.15, -0.1) is 0 Å². The molecule has 3 N–H and O–H groups in total. The van der Waals surface area contributed by atoms with Gasteiger partial charge in [0.25, 0.3) is 5.91 Å². The molecule has 110 valence electrons. The highest BCUT2D eigenvalue weighted by Gasteiger charge is 2.28. The molecule has 1 heterocycles. The third kappa shape index (κ3) is 3.31. The largest absolute Gasteiger partial charge is 0.398 e. The van der Waals surface area contributed by atoms with E-state index >= 15 is 0 Å². The molecule has 20 heavy (non-hydrogen) atoms. The Morgan fingerprint density at radius 3 is 2.60 bits per heavy atom. The summed E-state index contributed by atoms with van der Waals surface area (Å²) in [4.78, 5) is 12.3. The van der Waals surface area contributed by atoms with Crippen LogP contribution in [0.4, 0.5) is 5.69 Å². The maximum Gasteiger partial charge on any atom is 0.251 e. The molecule has 1 amide bonds. The fraction of sp³-hybridized carbons (Fsp3) is 0.562. The molecular weight excluding hydrogens is 252 g/mol. The summed E-state index contributed by atoms with van der Waals surface area (Å²) in [5.74, 6) is -0.0399. The number of hydrogen-bond donors (Lipinski definition) is 2. The quantitative estimate of drug-likeness (QED) is 0.833. The summed E-state index contributed by atoms with van der Waals surface area (Å²) in [5.41, 5.74) is 9.34. The van der Waals surface area contributed by atoms with Crippen molar-refractivity contribution in [3.63, 3.8) is 0 Å². The highest BCUT2D eigenvalue weighted by molar-refractivity contribution is 5.96. The number of aryl methyl sites for hydroxylation is 2. The van der Waals surface area contributed by atoms with E-state index in [-0.39, 0.29) is 11.3 Å². The van der Waals surface area contributed by atoms with E-state index in [9.17, 15) is 4.79 Å². The van der Waals surface area contributed by atoms with E-state index in [1.165, 1.54) is 0 Å². The predicted octanol–water partition coefficient (Wildman–Crippen LogP) is 2.43. The number of nitrogens with two attached hydrogens (primary N) is 1. The maximum absolute atomic E-state index is 12.3. The minimum atomic E-state index is -0.0399. The zero-order chi connectivity index (χ0) is 14.8. The van der Waals surface area contributed by atoms with Crippen LogP contribution in [-0.2, 0) is 4.74 Å². The van der Waals surface area contributed by atoms with Crippen molar-refractivity contribution in [2.24, 2.45) is 5.41 Å². The lowest BCUT2D eigenvalue weighted by molar-refractivity contribution is 0.0238. The lowest BCUT2D eigenvalue weighted by Gasteiger charge is -2.33. The highest BCUT2D eigenvalue weighted by Crippen LogP contribution is 2.28. The van der Waals surface area contributed by atoms with Crippen LogP contribution >= 0.6 is 0 Å². The summed E-state index contributed by atoms with van der Waals surface area (Å²) in [7, 11) is 0. The number of ether oxygens (including phenoxy) is 1. The Kier molecular flexibility index (Phi) is 4.33. The molecule has 1 saturated heterocycles. The minimum absolute atomic E-state index is 0.0399. The average Bonchev–Trinajstić information content (AvgIpc) is 2.41. The van der Waals surface area contributed by atoms with Crippen LogP contribution in [0.5, 0.6) is 0 Å². The predicted molar refractivity (Wildman–Crippen MR) is 80.8 cm³/mol. The molecule has 0 aliphatic carbocycles. The van der Waals surface area contributed by atoms with Gasteiger partial charge in [-0.3, -0.25) is 4.79 Å². The molecule has 1 aliphatic rings. The Balaban J connectivity index is 2.03. The van der Waals surface area contributed by atoms with Crippen molar-refractivity contribution in [2.75, 3.05) is 25.5 Å². The van der Waals surface area contributed by atoms with Gasteiger partial charge in [-0.1, -0.05) is 13.0 Å². The van der Waals surface area contributed by atoms with Crippen LogP contribution in [0.1, 0.15) is 41.3 Å². The fourth-order valence-corrected chi connectivity index (χ4v) is 2.54. The average molecular weight is 276 g/mol. The van der Waals surface area contributed by atoms with Crippen LogP contribution < -0.4 is 11.1 Å². The molecule has 0 spiro atoms. The van der Waals surface area contributed by atoms with Crippen molar-refractivity contribution in [2.45, 2.75) is 33.6 Å². The molecule has 0 saturated carbocycles. The standard InChI is InChI=1S/C16H24N2O2/c1-11-8-12(2)14(17)9-13(11)15(19)18-10-16(3)4-6-20-7-5-16/h8-9H,4-7,10,17H2,1-3H3,(H,18,19). The second kappa shape index (κ2) is 5.83. The maximum atomic E-state index is 12.3. The molecule has 4 heteroatoms. The second-order valence-electron chi connectivity index (χ2n) is 6.13. The number of benzene rings is 1. The molecule has 1 fully saturated rings. The van der Waals surface area contributed by atoms with Gasteiger partial charge in [-0.05, 0) is 49.3 Å². The van der Waals surface area contributed by atoms with Gasteiger partial charge in [0.05, 0.1) is 0 Å². The molecule has 1 aromatic rings. The number of carbonyl (C=O) groups excluding carboxylic acids is 1. The van der Waals surface area contributed by atoms with Crippen LogP contribution in [0.2, 0.25) is 0 Å².